The molecule has 0 aromatic heterocycles. The Morgan fingerprint density at radius 1 is 1.44 bits per heavy atom. The van der Waals surface area contributed by atoms with Crippen molar-refractivity contribution >= 4 is 21.9 Å². The van der Waals surface area contributed by atoms with Crippen molar-refractivity contribution in [2.24, 2.45) is 0 Å². The van der Waals surface area contributed by atoms with Crippen molar-refractivity contribution in [2.45, 2.75) is 32.4 Å². The van der Waals surface area contributed by atoms with Crippen molar-refractivity contribution in [1.29, 1.82) is 0 Å². The van der Waals surface area contributed by atoms with E-state index in [-0.39, 0.29) is 12.5 Å². The minimum absolute atomic E-state index is 0.217. The molecule has 1 aromatic rings. The van der Waals surface area contributed by atoms with E-state index in [1.807, 2.05) is 31.2 Å². The molecule has 16 heavy (non-hydrogen) atoms. The maximum Gasteiger partial charge on any atom is 0.303 e. The van der Waals surface area contributed by atoms with E-state index in [2.05, 4.69) is 21.2 Å². The first-order valence-corrected chi connectivity index (χ1v) is 6.07. The molecule has 0 heterocycles. The number of aliphatic carboxylic acids is 1. The Bertz CT molecular complexity index is 337. The third kappa shape index (κ3) is 5.28. The maximum absolute atomic E-state index is 10.4. The summed E-state index contributed by atoms with van der Waals surface area (Å²) in [5.74, 6) is -0.739. The van der Waals surface area contributed by atoms with Gasteiger partial charge in [-0.05, 0) is 31.0 Å². The van der Waals surface area contributed by atoms with Crippen LogP contribution in [0.1, 0.15) is 25.3 Å². The Hall–Kier alpha value is -0.870. The van der Waals surface area contributed by atoms with E-state index in [0.29, 0.717) is 6.42 Å². The average molecular weight is 286 g/mol. The summed E-state index contributed by atoms with van der Waals surface area (Å²) in [6.07, 6.45) is 0.875. The molecule has 0 aliphatic heterocycles. The maximum atomic E-state index is 10.4. The van der Waals surface area contributed by atoms with Crippen molar-refractivity contribution in [3.63, 3.8) is 0 Å². The van der Waals surface area contributed by atoms with Gasteiger partial charge in [0.2, 0.25) is 0 Å². The first kappa shape index (κ1) is 13.2. The predicted molar refractivity (Wildman–Crippen MR) is 67.3 cm³/mol. The van der Waals surface area contributed by atoms with E-state index in [4.69, 9.17) is 5.11 Å². The van der Waals surface area contributed by atoms with Crippen LogP contribution in [0.5, 0.6) is 0 Å². The molecule has 1 atom stereocenters. The van der Waals surface area contributed by atoms with Gasteiger partial charge in [0.1, 0.15) is 0 Å². The Labute approximate surface area is 104 Å². The van der Waals surface area contributed by atoms with Crippen LogP contribution in [-0.2, 0) is 11.3 Å². The number of carbonyl (C=O) groups is 1. The number of hydrogen-bond acceptors (Lipinski definition) is 2. The van der Waals surface area contributed by atoms with Crippen LogP contribution in [0, 0.1) is 0 Å². The van der Waals surface area contributed by atoms with Crippen LogP contribution < -0.4 is 5.32 Å². The first-order valence-electron chi connectivity index (χ1n) is 5.27. The number of carboxylic acids is 1. The zero-order chi connectivity index (χ0) is 12.0. The summed E-state index contributed by atoms with van der Waals surface area (Å²) in [4.78, 5) is 10.4. The average Bonchev–Trinajstić information content (AvgIpc) is 2.25. The van der Waals surface area contributed by atoms with Gasteiger partial charge >= 0.3 is 5.97 Å². The summed E-state index contributed by atoms with van der Waals surface area (Å²) in [5.41, 5.74) is 1.20. The Morgan fingerprint density at radius 2 is 2.06 bits per heavy atom. The molecule has 2 N–H and O–H groups in total. The van der Waals surface area contributed by atoms with Gasteiger partial charge in [0, 0.05) is 23.5 Å². The molecule has 0 bridgehead atoms. The summed E-state index contributed by atoms with van der Waals surface area (Å²) < 4.78 is 1.06. The third-order valence-electron chi connectivity index (χ3n) is 2.36. The molecule has 0 saturated heterocycles. The largest absolute Gasteiger partial charge is 0.481 e. The smallest absolute Gasteiger partial charge is 0.303 e. The lowest BCUT2D eigenvalue weighted by Gasteiger charge is -2.12. The normalized spacial score (nSPS) is 12.4. The van der Waals surface area contributed by atoms with Crippen LogP contribution in [0.3, 0.4) is 0 Å². The number of halogens is 1. The molecule has 1 aromatic carbocycles. The van der Waals surface area contributed by atoms with Crippen molar-refractivity contribution in [2.75, 3.05) is 0 Å². The second-order valence-electron chi connectivity index (χ2n) is 3.84. The van der Waals surface area contributed by atoms with Crippen molar-refractivity contribution in [3.8, 4) is 0 Å². The van der Waals surface area contributed by atoms with Gasteiger partial charge in [-0.3, -0.25) is 4.79 Å². The molecule has 1 rings (SSSR count). The molecular weight excluding hydrogens is 270 g/mol. The van der Waals surface area contributed by atoms with E-state index in [0.717, 1.165) is 11.0 Å². The SMILES string of the molecule is CC(CCC(=O)O)NCc1ccc(Br)cc1. The molecule has 0 radical (unpaired) electrons. The predicted octanol–water partition coefficient (Wildman–Crippen LogP) is 2.79. The topological polar surface area (TPSA) is 49.3 Å². The molecule has 0 aliphatic rings. The van der Waals surface area contributed by atoms with E-state index >= 15 is 0 Å². The summed E-state index contributed by atoms with van der Waals surface area (Å²) in [5, 5.41) is 11.8. The molecule has 0 aliphatic carbocycles. The van der Waals surface area contributed by atoms with Crippen molar-refractivity contribution in [1.82, 2.24) is 5.32 Å². The van der Waals surface area contributed by atoms with Crippen LogP contribution in [-0.4, -0.2) is 17.1 Å². The number of rotatable bonds is 6. The van der Waals surface area contributed by atoms with E-state index in [1.165, 1.54) is 5.56 Å². The molecule has 1 unspecified atom stereocenters. The van der Waals surface area contributed by atoms with E-state index < -0.39 is 5.97 Å². The highest BCUT2D eigenvalue weighted by Gasteiger charge is 2.04. The van der Waals surface area contributed by atoms with Gasteiger partial charge in [-0.1, -0.05) is 28.1 Å². The van der Waals surface area contributed by atoms with Crippen LogP contribution in [0.25, 0.3) is 0 Å². The van der Waals surface area contributed by atoms with Gasteiger partial charge in [-0.2, -0.15) is 0 Å². The summed E-state index contributed by atoms with van der Waals surface area (Å²) >= 11 is 3.38. The first-order chi connectivity index (χ1) is 7.58. The molecule has 0 saturated carbocycles. The lowest BCUT2D eigenvalue weighted by atomic mass is 10.1. The standard InChI is InChI=1S/C12H16BrNO2/c1-9(2-7-12(15)16)14-8-10-3-5-11(13)6-4-10/h3-6,9,14H,2,7-8H2,1H3,(H,15,16). The minimum Gasteiger partial charge on any atom is -0.481 e. The Balaban J connectivity index is 2.28. The van der Waals surface area contributed by atoms with Gasteiger partial charge in [0.25, 0.3) is 0 Å². The van der Waals surface area contributed by atoms with Crippen LogP contribution in [0.2, 0.25) is 0 Å². The van der Waals surface area contributed by atoms with Crippen LogP contribution >= 0.6 is 15.9 Å². The molecule has 0 fully saturated rings. The van der Waals surface area contributed by atoms with Crippen LogP contribution in [0.15, 0.2) is 28.7 Å². The molecule has 4 heteroatoms. The highest BCUT2D eigenvalue weighted by Crippen LogP contribution is 2.10. The quantitative estimate of drug-likeness (QED) is 0.845. The molecule has 88 valence electrons. The minimum atomic E-state index is -0.739. The fraction of sp³-hybridized carbons (Fsp3) is 0.417. The fourth-order valence-corrected chi connectivity index (χ4v) is 1.60. The van der Waals surface area contributed by atoms with Crippen molar-refractivity contribution < 1.29 is 9.90 Å². The molecule has 0 amide bonds. The zero-order valence-electron chi connectivity index (χ0n) is 9.24. The number of hydrogen-bond donors (Lipinski definition) is 2. The lowest BCUT2D eigenvalue weighted by molar-refractivity contribution is -0.137. The second-order valence-corrected chi connectivity index (χ2v) is 4.76. The molecule has 0 spiro atoms. The van der Waals surface area contributed by atoms with Crippen molar-refractivity contribution in [3.05, 3.63) is 34.3 Å². The summed E-state index contributed by atoms with van der Waals surface area (Å²) in [6.45, 7) is 2.77. The van der Waals surface area contributed by atoms with Gasteiger partial charge in [0.05, 0.1) is 0 Å². The van der Waals surface area contributed by atoms with Gasteiger partial charge in [0.15, 0.2) is 0 Å². The number of carboxylic acid groups (broad SMARTS) is 1. The van der Waals surface area contributed by atoms with E-state index in [9.17, 15) is 4.79 Å². The van der Waals surface area contributed by atoms with Crippen LogP contribution in [0.4, 0.5) is 0 Å². The number of benzene rings is 1. The Morgan fingerprint density at radius 3 is 2.62 bits per heavy atom. The zero-order valence-corrected chi connectivity index (χ0v) is 10.8. The Kier molecular flexibility index (Phi) is 5.49. The third-order valence-corrected chi connectivity index (χ3v) is 2.89. The highest BCUT2D eigenvalue weighted by atomic mass is 79.9. The van der Waals surface area contributed by atoms with E-state index in [1.54, 1.807) is 0 Å². The summed E-state index contributed by atoms with van der Waals surface area (Å²) in [6, 6.07) is 8.31. The van der Waals surface area contributed by atoms with Gasteiger partial charge < -0.3 is 10.4 Å². The highest BCUT2D eigenvalue weighted by molar-refractivity contribution is 9.10. The number of nitrogens with one attached hydrogen (secondary N) is 1. The molecule has 3 nitrogen and oxygen atoms in total. The second kappa shape index (κ2) is 6.66. The van der Waals surface area contributed by atoms with Gasteiger partial charge in [-0.15, -0.1) is 0 Å². The summed E-state index contributed by atoms with van der Waals surface area (Å²) in [7, 11) is 0. The monoisotopic (exact) mass is 285 g/mol. The van der Waals surface area contributed by atoms with Gasteiger partial charge in [-0.25, -0.2) is 0 Å². The fourth-order valence-electron chi connectivity index (χ4n) is 1.34. The lowest BCUT2D eigenvalue weighted by Crippen LogP contribution is -2.26. The molecular formula is C12H16BrNO2.